The molecule has 0 aromatic carbocycles. The van der Waals surface area contributed by atoms with Gasteiger partial charge in [0, 0.05) is 42.4 Å². The van der Waals surface area contributed by atoms with Gasteiger partial charge in [-0.3, -0.25) is 9.88 Å². The highest BCUT2D eigenvalue weighted by Crippen LogP contribution is 2.24. The zero-order valence-electron chi connectivity index (χ0n) is 8.36. The molecule has 1 aromatic heterocycles. The molecule has 1 aromatic rings. The van der Waals surface area contributed by atoms with Crippen LogP contribution in [0.15, 0.2) is 18.3 Å². The van der Waals surface area contributed by atoms with Gasteiger partial charge in [-0.15, -0.1) is 0 Å². The predicted octanol–water partition coefficient (Wildman–Crippen LogP) is 2.93. The van der Waals surface area contributed by atoms with Gasteiger partial charge in [0.2, 0.25) is 0 Å². The Hall–Kier alpha value is 0.1000. The highest BCUT2D eigenvalue weighted by molar-refractivity contribution is 8.76. The van der Waals surface area contributed by atoms with Crippen LogP contribution in [0.3, 0.4) is 0 Å². The zero-order valence-corrected chi connectivity index (χ0v) is 10.7. The van der Waals surface area contributed by atoms with Gasteiger partial charge in [0.05, 0.1) is 5.69 Å². The molecule has 0 N–H and O–H groups in total. The molecular weight excluding hydrogens is 248 g/mol. The van der Waals surface area contributed by atoms with Crippen LogP contribution in [0.1, 0.15) is 5.69 Å². The van der Waals surface area contributed by atoms with Gasteiger partial charge in [-0.05, 0) is 12.1 Å². The van der Waals surface area contributed by atoms with Gasteiger partial charge in [0.1, 0.15) is 0 Å². The Morgan fingerprint density at radius 2 is 2.07 bits per heavy atom. The number of hydrogen-bond acceptors (Lipinski definition) is 4. The van der Waals surface area contributed by atoms with Gasteiger partial charge in [-0.2, -0.15) is 0 Å². The number of rotatable bonds is 2. The summed E-state index contributed by atoms with van der Waals surface area (Å²) in [6, 6.07) is 3.77. The molecule has 0 saturated carbocycles. The Labute approximate surface area is 103 Å². The second-order valence-electron chi connectivity index (χ2n) is 3.39. The Morgan fingerprint density at radius 3 is 2.73 bits per heavy atom. The van der Waals surface area contributed by atoms with Crippen molar-refractivity contribution >= 4 is 33.2 Å². The number of hydrogen-bond donors (Lipinski definition) is 0. The molecule has 1 saturated heterocycles. The van der Waals surface area contributed by atoms with E-state index in [1.165, 1.54) is 11.5 Å². The summed E-state index contributed by atoms with van der Waals surface area (Å²) in [5, 5.41) is 0.776. The molecular formula is C10H13ClN2S2. The van der Waals surface area contributed by atoms with Crippen molar-refractivity contribution in [2.75, 3.05) is 24.6 Å². The van der Waals surface area contributed by atoms with E-state index in [0.717, 1.165) is 30.4 Å². The lowest BCUT2D eigenvalue weighted by Gasteiger charge is -2.18. The van der Waals surface area contributed by atoms with Crippen molar-refractivity contribution in [3.8, 4) is 0 Å². The summed E-state index contributed by atoms with van der Waals surface area (Å²) in [4.78, 5) is 6.76. The second kappa shape index (κ2) is 5.99. The highest BCUT2D eigenvalue weighted by atomic mass is 35.5. The maximum absolute atomic E-state index is 5.93. The smallest absolute Gasteiger partial charge is 0.0558 e. The van der Waals surface area contributed by atoms with Crippen molar-refractivity contribution in [3.63, 3.8) is 0 Å². The zero-order chi connectivity index (χ0) is 10.5. The SMILES string of the molecule is Clc1ccnc(CN2CCSSCC2)c1. The van der Waals surface area contributed by atoms with E-state index in [1.807, 2.05) is 33.7 Å². The summed E-state index contributed by atoms with van der Waals surface area (Å²) >= 11 is 5.93. The summed E-state index contributed by atoms with van der Waals surface area (Å²) in [6.45, 7) is 3.21. The fourth-order valence-corrected chi connectivity index (χ4v) is 3.72. The third-order valence-electron chi connectivity index (χ3n) is 2.23. The Balaban J connectivity index is 1.95. The third-order valence-corrected chi connectivity index (χ3v) is 4.83. The first kappa shape index (κ1) is 11.6. The number of pyridine rings is 1. The fraction of sp³-hybridized carbons (Fsp3) is 0.500. The molecule has 0 radical (unpaired) electrons. The molecule has 2 rings (SSSR count). The molecule has 15 heavy (non-hydrogen) atoms. The molecule has 0 aliphatic carbocycles. The van der Waals surface area contributed by atoms with Gasteiger partial charge in [-0.25, -0.2) is 0 Å². The molecule has 1 aliphatic rings. The molecule has 2 heterocycles. The van der Waals surface area contributed by atoms with Crippen LogP contribution in [-0.2, 0) is 6.54 Å². The summed E-state index contributed by atoms with van der Waals surface area (Å²) < 4.78 is 0. The molecule has 82 valence electrons. The van der Waals surface area contributed by atoms with E-state index in [0.29, 0.717) is 0 Å². The maximum Gasteiger partial charge on any atom is 0.0558 e. The lowest BCUT2D eigenvalue weighted by molar-refractivity contribution is 0.298. The Morgan fingerprint density at radius 1 is 1.33 bits per heavy atom. The normalized spacial score (nSPS) is 18.7. The minimum absolute atomic E-state index is 0.776. The standard InChI is InChI=1S/C10H13ClN2S2/c11-9-1-2-12-10(7-9)8-13-3-5-14-15-6-4-13/h1-2,7H,3-6,8H2. The van der Waals surface area contributed by atoms with E-state index < -0.39 is 0 Å². The van der Waals surface area contributed by atoms with Gasteiger partial charge in [-0.1, -0.05) is 33.2 Å². The predicted molar refractivity (Wildman–Crippen MR) is 69.4 cm³/mol. The first-order chi connectivity index (χ1) is 7.34. The summed E-state index contributed by atoms with van der Waals surface area (Å²) in [5.74, 6) is 2.40. The first-order valence-electron chi connectivity index (χ1n) is 4.92. The quantitative estimate of drug-likeness (QED) is 0.760. The van der Waals surface area contributed by atoms with Crippen LogP contribution in [0.25, 0.3) is 0 Å². The van der Waals surface area contributed by atoms with E-state index in [9.17, 15) is 0 Å². The van der Waals surface area contributed by atoms with Crippen molar-refractivity contribution in [3.05, 3.63) is 29.0 Å². The number of nitrogens with zero attached hydrogens (tertiary/aromatic N) is 2. The minimum Gasteiger partial charge on any atom is -0.296 e. The number of halogens is 1. The summed E-state index contributed by atoms with van der Waals surface area (Å²) in [6.07, 6.45) is 1.78. The van der Waals surface area contributed by atoms with E-state index >= 15 is 0 Å². The molecule has 0 atom stereocenters. The summed E-state index contributed by atoms with van der Waals surface area (Å²) in [7, 11) is 3.92. The van der Waals surface area contributed by atoms with E-state index in [-0.39, 0.29) is 0 Å². The van der Waals surface area contributed by atoms with Crippen LogP contribution in [-0.4, -0.2) is 34.5 Å². The van der Waals surface area contributed by atoms with Gasteiger partial charge in [0.15, 0.2) is 0 Å². The summed E-state index contributed by atoms with van der Waals surface area (Å²) in [5.41, 5.74) is 1.07. The van der Waals surface area contributed by atoms with Crippen LogP contribution in [0.5, 0.6) is 0 Å². The lowest BCUT2D eigenvalue weighted by Crippen LogP contribution is -2.26. The van der Waals surface area contributed by atoms with Crippen molar-refractivity contribution in [1.29, 1.82) is 0 Å². The van der Waals surface area contributed by atoms with E-state index in [4.69, 9.17) is 11.6 Å². The van der Waals surface area contributed by atoms with Crippen molar-refractivity contribution < 1.29 is 0 Å². The number of aromatic nitrogens is 1. The topological polar surface area (TPSA) is 16.1 Å². The first-order valence-corrected chi connectivity index (χ1v) is 7.78. The molecule has 2 nitrogen and oxygen atoms in total. The van der Waals surface area contributed by atoms with Crippen molar-refractivity contribution in [2.45, 2.75) is 6.54 Å². The molecule has 1 fully saturated rings. The lowest BCUT2D eigenvalue weighted by atomic mass is 10.3. The average molecular weight is 261 g/mol. The fourth-order valence-electron chi connectivity index (χ4n) is 1.48. The van der Waals surface area contributed by atoms with Crippen LogP contribution in [0.4, 0.5) is 0 Å². The highest BCUT2D eigenvalue weighted by Gasteiger charge is 2.10. The Kier molecular flexibility index (Phi) is 4.62. The molecule has 1 aliphatic heterocycles. The van der Waals surface area contributed by atoms with Crippen molar-refractivity contribution in [1.82, 2.24) is 9.88 Å². The maximum atomic E-state index is 5.93. The average Bonchev–Trinajstić information content (AvgIpc) is 2.46. The molecule has 0 spiro atoms. The second-order valence-corrected chi connectivity index (χ2v) is 6.52. The van der Waals surface area contributed by atoms with Gasteiger partial charge < -0.3 is 0 Å². The van der Waals surface area contributed by atoms with Crippen LogP contribution in [0, 0.1) is 0 Å². The Bertz CT molecular complexity index is 314. The van der Waals surface area contributed by atoms with E-state index in [1.54, 1.807) is 6.20 Å². The van der Waals surface area contributed by atoms with Crippen LogP contribution in [0.2, 0.25) is 5.02 Å². The van der Waals surface area contributed by atoms with Crippen molar-refractivity contribution in [2.24, 2.45) is 0 Å². The van der Waals surface area contributed by atoms with Gasteiger partial charge in [0.25, 0.3) is 0 Å². The van der Waals surface area contributed by atoms with Gasteiger partial charge >= 0.3 is 0 Å². The van der Waals surface area contributed by atoms with Crippen LogP contribution >= 0.6 is 33.2 Å². The minimum atomic E-state index is 0.776. The molecule has 0 bridgehead atoms. The van der Waals surface area contributed by atoms with Crippen LogP contribution < -0.4 is 0 Å². The molecule has 0 unspecified atom stereocenters. The molecule has 0 amide bonds. The largest absolute Gasteiger partial charge is 0.296 e. The van der Waals surface area contributed by atoms with E-state index in [2.05, 4.69) is 9.88 Å². The molecule has 5 heteroatoms. The monoisotopic (exact) mass is 260 g/mol. The third kappa shape index (κ3) is 3.87.